The lowest BCUT2D eigenvalue weighted by Crippen LogP contribution is -2.08. The number of anilines is 1. The third kappa shape index (κ3) is 3.74. The summed E-state index contributed by atoms with van der Waals surface area (Å²) in [7, 11) is 3.29. The van der Waals surface area contributed by atoms with Crippen LogP contribution in [0.5, 0.6) is 11.5 Å². The summed E-state index contributed by atoms with van der Waals surface area (Å²) < 4.78 is 10.7. The first-order valence-corrected chi connectivity index (χ1v) is 7.24. The summed E-state index contributed by atoms with van der Waals surface area (Å²) in [5.41, 5.74) is 1.89. The van der Waals surface area contributed by atoms with Crippen molar-refractivity contribution < 1.29 is 9.47 Å². The number of hydrogen-bond acceptors (Lipinski definition) is 3. The van der Waals surface area contributed by atoms with Crippen LogP contribution in [-0.2, 0) is 0 Å². The van der Waals surface area contributed by atoms with E-state index in [0.29, 0.717) is 10.0 Å². The Kier molecular flexibility index (Phi) is 5.21. The molecule has 2 aromatic carbocycles. The Labute approximate surface area is 134 Å². The molecule has 0 amide bonds. The highest BCUT2D eigenvalue weighted by Crippen LogP contribution is 2.32. The van der Waals surface area contributed by atoms with Gasteiger partial charge in [-0.2, -0.15) is 0 Å². The fourth-order valence-electron chi connectivity index (χ4n) is 2.09. The molecule has 0 bridgehead atoms. The molecule has 0 spiro atoms. The minimum Gasteiger partial charge on any atom is -0.497 e. The summed E-state index contributed by atoms with van der Waals surface area (Å²) in [6, 6.07) is 11.2. The van der Waals surface area contributed by atoms with Crippen molar-refractivity contribution >= 4 is 28.9 Å². The van der Waals surface area contributed by atoms with Crippen LogP contribution in [0.2, 0.25) is 10.0 Å². The Morgan fingerprint density at radius 2 is 1.71 bits per heavy atom. The molecule has 1 atom stereocenters. The maximum Gasteiger partial charge on any atom is 0.124 e. The van der Waals surface area contributed by atoms with Crippen molar-refractivity contribution in [3.63, 3.8) is 0 Å². The average molecular weight is 326 g/mol. The Hall–Kier alpha value is -1.58. The van der Waals surface area contributed by atoms with Crippen LogP contribution in [0.25, 0.3) is 0 Å². The maximum absolute atomic E-state index is 6.03. The molecule has 1 unspecified atom stereocenters. The summed E-state index contributed by atoms with van der Waals surface area (Å²) in [4.78, 5) is 0. The topological polar surface area (TPSA) is 30.5 Å². The standard InChI is InChI=1S/C16H17Cl2NO2/c1-10(19-11-4-6-14(17)15(18)8-11)13-9-12(20-2)5-7-16(13)21-3/h4-10,19H,1-3H3. The number of nitrogens with one attached hydrogen (secondary N) is 1. The van der Waals surface area contributed by atoms with Crippen molar-refractivity contribution in [1.29, 1.82) is 0 Å². The fourth-order valence-corrected chi connectivity index (χ4v) is 2.39. The minimum absolute atomic E-state index is 0.0206. The molecule has 0 aliphatic carbocycles. The summed E-state index contributed by atoms with van der Waals surface area (Å²) in [5, 5.41) is 4.43. The van der Waals surface area contributed by atoms with Crippen molar-refractivity contribution in [2.45, 2.75) is 13.0 Å². The van der Waals surface area contributed by atoms with Crippen LogP contribution in [-0.4, -0.2) is 14.2 Å². The molecular formula is C16H17Cl2NO2. The van der Waals surface area contributed by atoms with Crippen molar-refractivity contribution in [2.75, 3.05) is 19.5 Å². The third-order valence-electron chi connectivity index (χ3n) is 3.21. The summed E-state index contributed by atoms with van der Waals surface area (Å²) in [6.45, 7) is 2.04. The Morgan fingerprint density at radius 1 is 0.952 bits per heavy atom. The van der Waals surface area contributed by atoms with E-state index in [1.165, 1.54) is 0 Å². The molecule has 0 radical (unpaired) electrons. The Balaban J connectivity index is 2.26. The van der Waals surface area contributed by atoms with Gasteiger partial charge >= 0.3 is 0 Å². The van der Waals surface area contributed by atoms with Gasteiger partial charge in [0.05, 0.1) is 30.3 Å². The van der Waals surface area contributed by atoms with E-state index in [9.17, 15) is 0 Å². The zero-order chi connectivity index (χ0) is 15.4. The second-order valence-corrected chi connectivity index (χ2v) is 5.42. The van der Waals surface area contributed by atoms with Crippen LogP contribution >= 0.6 is 23.2 Å². The van der Waals surface area contributed by atoms with Gasteiger partial charge < -0.3 is 14.8 Å². The largest absolute Gasteiger partial charge is 0.497 e. The van der Waals surface area contributed by atoms with E-state index < -0.39 is 0 Å². The van der Waals surface area contributed by atoms with E-state index >= 15 is 0 Å². The van der Waals surface area contributed by atoms with Gasteiger partial charge in [-0.25, -0.2) is 0 Å². The van der Waals surface area contributed by atoms with Gasteiger partial charge in [0.25, 0.3) is 0 Å². The quantitative estimate of drug-likeness (QED) is 0.821. The monoisotopic (exact) mass is 325 g/mol. The molecule has 0 saturated carbocycles. The molecule has 112 valence electrons. The van der Waals surface area contributed by atoms with Gasteiger partial charge in [-0.05, 0) is 43.3 Å². The van der Waals surface area contributed by atoms with Gasteiger partial charge in [0.15, 0.2) is 0 Å². The Morgan fingerprint density at radius 3 is 2.33 bits per heavy atom. The lowest BCUT2D eigenvalue weighted by atomic mass is 10.1. The van der Waals surface area contributed by atoms with E-state index in [4.69, 9.17) is 32.7 Å². The highest BCUT2D eigenvalue weighted by Gasteiger charge is 2.13. The molecule has 2 rings (SSSR count). The zero-order valence-corrected chi connectivity index (χ0v) is 13.6. The van der Waals surface area contributed by atoms with Crippen molar-refractivity contribution in [3.05, 3.63) is 52.0 Å². The smallest absolute Gasteiger partial charge is 0.124 e. The first-order valence-electron chi connectivity index (χ1n) is 6.48. The van der Waals surface area contributed by atoms with Crippen molar-refractivity contribution in [1.82, 2.24) is 0 Å². The SMILES string of the molecule is COc1ccc(OC)c(C(C)Nc2ccc(Cl)c(Cl)c2)c1. The van der Waals surface area contributed by atoms with E-state index in [2.05, 4.69) is 5.32 Å². The summed E-state index contributed by atoms with van der Waals surface area (Å²) in [5.74, 6) is 1.59. The lowest BCUT2D eigenvalue weighted by molar-refractivity contribution is 0.397. The van der Waals surface area contributed by atoms with Crippen molar-refractivity contribution in [3.8, 4) is 11.5 Å². The molecule has 0 heterocycles. The number of halogens is 2. The normalized spacial score (nSPS) is 11.9. The number of hydrogen-bond donors (Lipinski definition) is 1. The predicted octanol–water partition coefficient (Wildman–Crippen LogP) is 5.18. The van der Waals surface area contributed by atoms with Crippen LogP contribution in [0, 0.1) is 0 Å². The summed E-state index contributed by atoms with van der Waals surface area (Å²) >= 11 is 12.0. The highest BCUT2D eigenvalue weighted by molar-refractivity contribution is 6.42. The second kappa shape index (κ2) is 6.92. The van der Waals surface area contributed by atoms with Crippen LogP contribution in [0.3, 0.4) is 0 Å². The van der Waals surface area contributed by atoms with E-state index in [1.807, 2.05) is 31.2 Å². The zero-order valence-electron chi connectivity index (χ0n) is 12.1. The fraction of sp³-hybridized carbons (Fsp3) is 0.250. The van der Waals surface area contributed by atoms with Crippen LogP contribution < -0.4 is 14.8 Å². The number of methoxy groups -OCH3 is 2. The summed E-state index contributed by atoms with van der Waals surface area (Å²) in [6.07, 6.45) is 0. The van der Waals surface area contributed by atoms with E-state index in [1.54, 1.807) is 26.4 Å². The van der Waals surface area contributed by atoms with Crippen molar-refractivity contribution in [2.24, 2.45) is 0 Å². The van der Waals surface area contributed by atoms with Crippen LogP contribution in [0.1, 0.15) is 18.5 Å². The number of ether oxygens (including phenoxy) is 2. The number of benzene rings is 2. The molecule has 2 aromatic rings. The van der Waals surface area contributed by atoms with Gasteiger partial charge in [0.1, 0.15) is 11.5 Å². The van der Waals surface area contributed by atoms with Gasteiger partial charge in [0, 0.05) is 11.3 Å². The first kappa shape index (κ1) is 15.8. The lowest BCUT2D eigenvalue weighted by Gasteiger charge is -2.19. The number of rotatable bonds is 5. The van der Waals surface area contributed by atoms with Crippen LogP contribution in [0.4, 0.5) is 5.69 Å². The Bertz CT molecular complexity index is 632. The molecule has 0 saturated heterocycles. The molecule has 0 aliphatic heterocycles. The van der Waals surface area contributed by atoms with Gasteiger partial charge in [-0.15, -0.1) is 0 Å². The first-order chi connectivity index (χ1) is 10.0. The second-order valence-electron chi connectivity index (χ2n) is 4.60. The van der Waals surface area contributed by atoms with Gasteiger partial charge in [0.2, 0.25) is 0 Å². The van der Waals surface area contributed by atoms with E-state index in [-0.39, 0.29) is 6.04 Å². The molecule has 0 fully saturated rings. The molecular weight excluding hydrogens is 309 g/mol. The molecule has 0 aliphatic rings. The molecule has 0 aromatic heterocycles. The highest BCUT2D eigenvalue weighted by atomic mass is 35.5. The third-order valence-corrected chi connectivity index (χ3v) is 3.95. The molecule has 21 heavy (non-hydrogen) atoms. The van der Waals surface area contributed by atoms with Gasteiger partial charge in [-0.3, -0.25) is 0 Å². The maximum atomic E-state index is 6.03. The molecule has 1 N–H and O–H groups in total. The predicted molar refractivity (Wildman–Crippen MR) is 88.0 cm³/mol. The van der Waals surface area contributed by atoms with Crippen LogP contribution in [0.15, 0.2) is 36.4 Å². The average Bonchev–Trinajstić information content (AvgIpc) is 2.50. The van der Waals surface area contributed by atoms with E-state index in [0.717, 1.165) is 22.7 Å². The van der Waals surface area contributed by atoms with Gasteiger partial charge in [-0.1, -0.05) is 23.2 Å². The molecule has 3 nitrogen and oxygen atoms in total. The minimum atomic E-state index is 0.0206. The molecule has 5 heteroatoms.